The maximum Gasteiger partial charge on any atom is 0.417 e. The van der Waals surface area contributed by atoms with Crippen molar-refractivity contribution in [3.05, 3.63) is 166 Å². The molecule has 6 heteroatoms. The molecule has 268 valence electrons. The Bertz CT molecular complexity index is 2980. The summed E-state index contributed by atoms with van der Waals surface area (Å²) < 4.78 is 49.2. The summed E-state index contributed by atoms with van der Waals surface area (Å²) in [5, 5.41) is 14.7. The van der Waals surface area contributed by atoms with Gasteiger partial charge >= 0.3 is 6.18 Å². The van der Waals surface area contributed by atoms with Crippen LogP contribution in [-0.2, 0) is 6.18 Å². The minimum absolute atomic E-state index is 0.117. The van der Waals surface area contributed by atoms with Gasteiger partial charge in [0.1, 0.15) is 0 Å². The highest BCUT2D eigenvalue weighted by Crippen LogP contribution is 2.46. The van der Waals surface area contributed by atoms with Crippen LogP contribution in [0.5, 0.6) is 0 Å². The number of rotatable bonds is 4. The van der Waals surface area contributed by atoms with Gasteiger partial charge in [-0.3, -0.25) is 0 Å². The highest BCUT2D eigenvalue weighted by Gasteiger charge is 2.35. The number of benzene rings is 7. The third-order valence-electron chi connectivity index (χ3n) is 10.9. The Hall–Kier alpha value is -6.58. The molecule has 0 atom stereocenters. The molecule has 0 N–H and O–H groups in total. The van der Waals surface area contributed by atoms with Crippen molar-refractivity contribution in [3.63, 3.8) is 0 Å². The van der Waals surface area contributed by atoms with Gasteiger partial charge < -0.3 is 9.13 Å². The fourth-order valence-corrected chi connectivity index (χ4v) is 8.43. The van der Waals surface area contributed by atoms with E-state index in [0.29, 0.717) is 27.8 Å². The van der Waals surface area contributed by atoms with Crippen molar-refractivity contribution in [2.24, 2.45) is 0 Å². The molecule has 3 nitrogen and oxygen atoms in total. The Labute approximate surface area is 317 Å². The third kappa shape index (κ3) is 5.50. The number of nitriles is 1. The van der Waals surface area contributed by atoms with Crippen LogP contribution in [-0.4, -0.2) is 9.13 Å². The SMILES string of the molecule is Cc1ccc2c(c1)c1cc(C)ccc1n2-c1ccc(-c2c(C)cccc2C(F)(F)F)c(-c2cc(C#N)ccc2-n2c3ccc(C)cc3c3cc(C)ccc32)c1. The second kappa shape index (κ2) is 12.5. The normalized spacial score (nSPS) is 12.0. The van der Waals surface area contributed by atoms with Crippen molar-refractivity contribution >= 4 is 43.6 Å². The average molecular weight is 724 g/mol. The molecule has 55 heavy (non-hydrogen) atoms. The Morgan fingerprint density at radius 2 is 1.00 bits per heavy atom. The highest BCUT2D eigenvalue weighted by molar-refractivity contribution is 6.11. The lowest BCUT2D eigenvalue weighted by Gasteiger charge is -2.22. The summed E-state index contributed by atoms with van der Waals surface area (Å²) in [6.07, 6.45) is -4.60. The van der Waals surface area contributed by atoms with E-state index in [-0.39, 0.29) is 5.56 Å². The third-order valence-corrected chi connectivity index (χ3v) is 10.9. The van der Waals surface area contributed by atoms with E-state index in [1.807, 2.05) is 30.3 Å². The summed E-state index contributed by atoms with van der Waals surface area (Å²) in [7, 11) is 0. The molecule has 0 saturated heterocycles. The molecule has 0 unspecified atom stereocenters. The van der Waals surface area contributed by atoms with E-state index < -0.39 is 11.7 Å². The van der Waals surface area contributed by atoms with E-state index >= 15 is 0 Å². The number of aryl methyl sites for hydroxylation is 5. The first-order chi connectivity index (χ1) is 26.4. The van der Waals surface area contributed by atoms with Crippen molar-refractivity contribution in [3.8, 4) is 39.7 Å². The first-order valence-electron chi connectivity index (χ1n) is 18.3. The molecule has 0 radical (unpaired) electrons. The second-order valence-corrected chi connectivity index (χ2v) is 14.8. The lowest BCUT2D eigenvalue weighted by atomic mass is 9.87. The fraction of sp³-hybridized carbons (Fsp3) is 0.122. The smallest absolute Gasteiger partial charge is 0.309 e. The number of alkyl halides is 3. The van der Waals surface area contributed by atoms with Crippen molar-refractivity contribution in [2.45, 2.75) is 40.8 Å². The number of hydrogen-bond acceptors (Lipinski definition) is 1. The van der Waals surface area contributed by atoms with Crippen LogP contribution < -0.4 is 0 Å². The predicted molar refractivity (Wildman–Crippen MR) is 219 cm³/mol. The topological polar surface area (TPSA) is 33.6 Å². The van der Waals surface area contributed by atoms with Crippen LogP contribution >= 0.6 is 0 Å². The molecule has 0 saturated carbocycles. The Kier molecular flexibility index (Phi) is 7.77. The standard InChI is InChI=1S/C49H36F3N3/c1-28-9-16-43-37(21-28)38-22-29(2)10-17-44(38)54(43)34-14-15-35(48-32(5)7-6-8-42(48)49(50,51)52)36(26-34)41-25-33(27-53)13-20-47(41)55-45-18-11-30(3)23-39(45)40-24-31(4)12-19-46(40)55/h6-26H,1-5H3. The van der Waals surface area contributed by atoms with E-state index in [4.69, 9.17) is 0 Å². The van der Waals surface area contributed by atoms with Gasteiger partial charge in [0.05, 0.1) is 45.0 Å². The molecule has 7 aromatic carbocycles. The van der Waals surface area contributed by atoms with Gasteiger partial charge in [-0.25, -0.2) is 0 Å². The minimum atomic E-state index is -4.60. The first kappa shape index (κ1) is 34.2. The van der Waals surface area contributed by atoms with Gasteiger partial charge in [-0.1, -0.05) is 64.7 Å². The van der Waals surface area contributed by atoms with Gasteiger partial charge in [0.2, 0.25) is 0 Å². The Morgan fingerprint density at radius 1 is 0.491 bits per heavy atom. The van der Waals surface area contributed by atoms with Crippen LogP contribution in [0, 0.1) is 45.9 Å². The molecule has 0 spiro atoms. The molecular formula is C49H36F3N3. The lowest BCUT2D eigenvalue weighted by molar-refractivity contribution is -0.137. The predicted octanol–water partition coefficient (Wildman–Crippen LogP) is 13.6. The van der Waals surface area contributed by atoms with E-state index in [2.05, 4.69) is 116 Å². The quantitative estimate of drug-likeness (QED) is 0.178. The maximum absolute atomic E-state index is 14.9. The van der Waals surface area contributed by atoms with Crippen LogP contribution in [0.3, 0.4) is 0 Å². The van der Waals surface area contributed by atoms with Crippen molar-refractivity contribution in [1.82, 2.24) is 9.13 Å². The zero-order valence-electron chi connectivity index (χ0n) is 31.1. The molecule has 0 aliphatic carbocycles. The van der Waals surface area contributed by atoms with Crippen LogP contribution in [0.15, 0.2) is 127 Å². The zero-order valence-corrected chi connectivity index (χ0v) is 31.1. The van der Waals surface area contributed by atoms with E-state index in [1.165, 1.54) is 6.07 Å². The molecule has 9 rings (SSSR count). The summed E-state index contributed by atoms with van der Waals surface area (Å²) >= 11 is 0. The molecule has 0 bridgehead atoms. The first-order valence-corrected chi connectivity index (χ1v) is 18.3. The monoisotopic (exact) mass is 723 g/mol. The van der Waals surface area contributed by atoms with Gasteiger partial charge in [0, 0.05) is 32.8 Å². The van der Waals surface area contributed by atoms with Crippen LogP contribution in [0.4, 0.5) is 13.2 Å². The molecule has 0 amide bonds. The number of hydrogen-bond donors (Lipinski definition) is 0. The van der Waals surface area contributed by atoms with Gasteiger partial charge in [0.25, 0.3) is 0 Å². The summed E-state index contributed by atoms with van der Waals surface area (Å²) in [4.78, 5) is 0. The molecule has 2 aromatic heterocycles. The largest absolute Gasteiger partial charge is 0.417 e. The molecule has 9 aromatic rings. The summed E-state index contributed by atoms with van der Waals surface area (Å²) in [5.41, 5.74) is 12.0. The van der Waals surface area contributed by atoms with Gasteiger partial charge in [0.15, 0.2) is 0 Å². The van der Waals surface area contributed by atoms with E-state index in [0.717, 1.165) is 83.3 Å². The zero-order chi connectivity index (χ0) is 38.3. The van der Waals surface area contributed by atoms with Crippen molar-refractivity contribution < 1.29 is 13.2 Å². The molecule has 0 fully saturated rings. The summed E-state index contributed by atoms with van der Waals surface area (Å²) in [5.74, 6) is 0. The maximum atomic E-state index is 14.9. The van der Waals surface area contributed by atoms with Crippen molar-refractivity contribution in [1.29, 1.82) is 5.26 Å². The Balaban J connectivity index is 1.44. The lowest BCUT2D eigenvalue weighted by Crippen LogP contribution is -2.09. The second-order valence-electron chi connectivity index (χ2n) is 14.8. The van der Waals surface area contributed by atoms with Gasteiger partial charge in [-0.2, -0.15) is 18.4 Å². The van der Waals surface area contributed by atoms with Gasteiger partial charge in [-0.15, -0.1) is 0 Å². The van der Waals surface area contributed by atoms with E-state index in [1.54, 1.807) is 19.1 Å². The highest BCUT2D eigenvalue weighted by atomic mass is 19.4. The number of nitrogens with zero attached hydrogens (tertiary/aromatic N) is 3. The summed E-state index contributed by atoms with van der Waals surface area (Å²) in [6.45, 7) is 10.0. The average Bonchev–Trinajstić information content (AvgIpc) is 3.64. The van der Waals surface area contributed by atoms with Crippen LogP contribution in [0.1, 0.15) is 38.9 Å². The number of fused-ring (bicyclic) bond motifs is 6. The summed E-state index contributed by atoms with van der Waals surface area (Å²) in [6, 6.07) is 43.4. The molecular weight excluding hydrogens is 688 g/mol. The minimum Gasteiger partial charge on any atom is -0.309 e. The fourth-order valence-electron chi connectivity index (χ4n) is 8.43. The van der Waals surface area contributed by atoms with E-state index in [9.17, 15) is 18.4 Å². The number of aromatic nitrogens is 2. The van der Waals surface area contributed by atoms with Gasteiger partial charge in [-0.05, 0) is 142 Å². The Morgan fingerprint density at radius 3 is 1.49 bits per heavy atom. The van der Waals surface area contributed by atoms with Crippen LogP contribution in [0.2, 0.25) is 0 Å². The van der Waals surface area contributed by atoms with Crippen molar-refractivity contribution in [2.75, 3.05) is 0 Å². The number of halogens is 3. The molecule has 2 heterocycles. The molecule has 0 aliphatic heterocycles. The van der Waals surface area contributed by atoms with Crippen LogP contribution in [0.25, 0.3) is 77.2 Å². The molecule has 0 aliphatic rings.